The van der Waals surface area contributed by atoms with E-state index in [1.54, 1.807) is 12.1 Å². The van der Waals surface area contributed by atoms with Crippen LogP contribution in [0.15, 0.2) is 24.3 Å². The molecule has 1 aliphatic heterocycles. The van der Waals surface area contributed by atoms with Crippen LogP contribution in [0.4, 0.5) is 4.39 Å². The topological polar surface area (TPSA) is 29.1 Å². The Hall–Kier alpha value is -1.38. The average Bonchev–Trinajstić information content (AvgIpc) is 2.65. The highest BCUT2D eigenvalue weighted by Crippen LogP contribution is 2.28. The molecule has 1 aliphatic rings. The van der Waals surface area contributed by atoms with Gasteiger partial charge in [0.15, 0.2) is 0 Å². The van der Waals surface area contributed by atoms with Crippen LogP contribution in [0.2, 0.25) is 0 Å². The Kier molecular flexibility index (Phi) is 2.71. The van der Waals surface area contributed by atoms with E-state index in [1.165, 1.54) is 12.1 Å². The summed E-state index contributed by atoms with van der Waals surface area (Å²) >= 11 is 0. The van der Waals surface area contributed by atoms with Crippen molar-refractivity contribution in [1.82, 2.24) is 5.32 Å². The van der Waals surface area contributed by atoms with Crippen molar-refractivity contribution in [3.05, 3.63) is 35.6 Å². The highest BCUT2D eigenvalue weighted by Gasteiger charge is 2.27. The predicted octanol–water partition coefficient (Wildman–Crippen LogP) is 2.07. The van der Waals surface area contributed by atoms with Crippen molar-refractivity contribution in [3.63, 3.8) is 0 Å². The molecule has 3 heteroatoms. The summed E-state index contributed by atoms with van der Waals surface area (Å²) in [5, 5.41) is 2.82. The Morgan fingerprint density at radius 2 is 2.07 bits per heavy atom. The molecule has 1 saturated heterocycles. The summed E-state index contributed by atoms with van der Waals surface area (Å²) in [5.74, 6) is 0.535. The monoisotopic (exact) mass is 207 g/mol. The first-order valence-corrected chi connectivity index (χ1v) is 5.19. The molecule has 1 aromatic carbocycles. The van der Waals surface area contributed by atoms with E-state index in [1.807, 2.05) is 0 Å². The van der Waals surface area contributed by atoms with E-state index in [0.29, 0.717) is 18.3 Å². The minimum Gasteiger partial charge on any atom is -0.356 e. The first kappa shape index (κ1) is 10.1. The molecule has 2 unspecified atom stereocenters. The first-order chi connectivity index (χ1) is 7.16. The van der Waals surface area contributed by atoms with E-state index in [2.05, 4.69) is 12.2 Å². The van der Waals surface area contributed by atoms with Crippen LogP contribution < -0.4 is 5.32 Å². The number of carbonyl (C=O) groups is 1. The number of benzene rings is 1. The van der Waals surface area contributed by atoms with E-state index in [9.17, 15) is 9.18 Å². The number of carbonyl (C=O) groups excluding carboxylic acids is 1. The van der Waals surface area contributed by atoms with Gasteiger partial charge in [0.1, 0.15) is 5.82 Å². The van der Waals surface area contributed by atoms with Gasteiger partial charge in [-0.05, 0) is 29.5 Å². The molecule has 1 fully saturated rings. The number of hydrogen-bond acceptors (Lipinski definition) is 1. The molecule has 1 amide bonds. The fourth-order valence-corrected chi connectivity index (χ4v) is 2.02. The standard InChI is InChI=1S/C12H14FNO/c1-8(10-6-12(15)14-7-10)9-2-4-11(13)5-3-9/h2-5,8,10H,6-7H2,1H3,(H,14,15). The van der Waals surface area contributed by atoms with Crippen LogP contribution >= 0.6 is 0 Å². The van der Waals surface area contributed by atoms with Gasteiger partial charge in [-0.3, -0.25) is 4.79 Å². The smallest absolute Gasteiger partial charge is 0.220 e. The van der Waals surface area contributed by atoms with E-state index in [-0.39, 0.29) is 11.7 Å². The van der Waals surface area contributed by atoms with Crippen LogP contribution in [0.1, 0.15) is 24.8 Å². The highest BCUT2D eigenvalue weighted by atomic mass is 19.1. The zero-order valence-corrected chi connectivity index (χ0v) is 8.66. The van der Waals surface area contributed by atoms with Gasteiger partial charge in [-0.25, -0.2) is 4.39 Å². The SMILES string of the molecule is CC(c1ccc(F)cc1)C1CNC(=O)C1. The normalized spacial score (nSPS) is 22.5. The van der Waals surface area contributed by atoms with E-state index < -0.39 is 0 Å². The predicted molar refractivity (Wildman–Crippen MR) is 55.9 cm³/mol. The number of rotatable bonds is 2. The molecule has 80 valence electrons. The third-order valence-electron chi connectivity index (χ3n) is 3.11. The maximum atomic E-state index is 12.7. The van der Waals surface area contributed by atoms with Crippen LogP contribution in [0.3, 0.4) is 0 Å². The number of nitrogens with one attached hydrogen (secondary N) is 1. The lowest BCUT2D eigenvalue weighted by Crippen LogP contribution is -2.16. The van der Waals surface area contributed by atoms with Gasteiger partial charge in [0.25, 0.3) is 0 Å². The summed E-state index contributed by atoms with van der Waals surface area (Å²) < 4.78 is 12.7. The van der Waals surface area contributed by atoms with Gasteiger partial charge < -0.3 is 5.32 Å². The van der Waals surface area contributed by atoms with E-state index in [4.69, 9.17) is 0 Å². The number of halogens is 1. The van der Waals surface area contributed by atoms with Crippen molar-refractivity contribution in [2.45, 2.75) is 19.3 Å². The van der Waals surface area contributed by atoms with Crippen molar-refractivity contribution < 1.29 is 9.18 Å². The molecule has 1 N–H and O–H groups in total. The van der Waals surface area contributed by atoms with Gasteiger partial charge in [0.05, 0.1) is 0 Å². The van der Waals surface area contributed by atoms with Gasteiger partial charge >= 0.3 is 0 Å². The Morgan fingerprint density at radius 3 is 2.60 bits per heavy atom. The second-order valence-electron chi connectivity index (χ2n) is 4.11. The molecular weight excluding hydrogens is 193 g/mol. The molecule has 2 rings (SSSR count). The van der Waals surface area contributed by atoms with Crippen LogP contribution in [0.25, 0.3) is 0 Å². The van der Waals surface area contributed by atoms with Crippen molar-refractivity contribution in [2.75, 3.05) is 6.54 Å². The maximum absolute atomic E-state index is 12.7. The second-order valence-corrected chi connectivity index (χ2v) is 4.11. The van der Waals surface area contributed by atoms with Crippen molar-refractivity contribution in [3.8, 4) is 0 Å². The summed E-state index contributed by atoms with van der Waals surface area (Å²) in [6, 6.07) is 6.53. The second kappa shape index (κ2) is 4.01. The van der Waals surface area contributed by atoms with E-state index >= 15 is 0 Å². The maximum Gasteiger partial charge on any atom is 0.220 e. The highest BCUT2D eigenvalue weighted by molar-refractivity contribution is 5.78. The van der Waals surface area contributed by atoms with Crippen LogP contribution in [-0.2, 0) is 4.79 Å². The molecule has 0 radical (unpaired) electrons. The Bertz CT molecular complexity index is 360. The van der Waals surface area contributed by atoms with Crippen molar-refractivity contribution in [2.24, 2.45) is 5.92 Å². The average molecular weight is 207 g/mol. The molecule has 0 aromatic heterocycles. The molecule has 1 heterocycles. The minimum atomic E-state index is -0.216. The largest absolute Gasteiger partial charge is 0.356 e. The lowest BCUT2D eigenvalue weighted by Gasteiger charge is -2.17. The van der Waals surface area contributed by atoms with Gasteiger partial charge in [0.2, 0.25) is 5.91 Å². The van der Waals surface area contributed by atoms with Crippen LogP contribution in [0, 0.1) is 11.7 Å². The molecule has 0 saturated carbocycles. The Labute approximate surface area is 88.5 Å². The zero-order chi connectivity index (χ0) is 10.8. The van der Waals surface area contributed by atoms with Crippen molar-refractivity contribution in [1.29, 1.82) is 0 Å². The summed E-state index contributed by atoms with van der Waals surface area (Å²) in [4.78, 5) is 11.1. The molecule has 1 aromatic rings. The molecular formula is C12H14FNO. The molecule has 0 aliphatic carbocycles. The Balaban J connectivity index is 2.10. The lowest BCUT2D eigenvalue weighted by atomic mass is 9.87. The number of hydrogen-bond donors (Lipinski definition) is 1. The van der Waals surface area contributed by atoms with Gasteiger partial charge in [-0.2, -0.15) is 0 Å². The van der Waals surface area contributed by atoms with Crippen molar-refractivity contribution >= 4 is 5.91 Å². The summed E-state index contributed by atoms with van der Waals surface area (Å²) in [5.41, 5.74) is 1.10. The van der Waals surface area contributed by atoms with Crippen LogP contribution in [-0.4, -0.2) is 12.5 Å². The van der Waals surface area contributed by atoms with Gasteiger partial charge in [-0.1, -0.05) is 19.1 Å². The third kappa shape index (κ3) is 2.17. The molecule has 2 nitrogen and oxygen atoms in total. The molecule has 0 bridgehead atoms. The third-order valence-corrected chi connectivity index (χ3v) is 3.11. The molecule has 2 atom stereocenters. The molecule has 15 heavy (non-hydrogen) atoms. The van der Waals surface area contributed by atoms with Crippen LogP contribution in [0.5, 0.6) is 0 Å². The Morgan fingerprint density at radius 1 is 1.40 bits per heavy atom. The fourth-order valence-electron chi connectivity index (χ4n) is 2.02. The minimum absolute atomic E-state index is 0.119. The fraction of sp³-hybridized carbons (Fsp3) is 0.417. The first-order valence-electron chi connectivity index (χ1n) is 5.19. The lowest BCUT2D eigenvalue weighted by molar-refractivity contribution is -0.119. The van der Waals surface area contributed by atoms with Gasteiger partial charge in [0, 0.05) is 13.0 Å². The van der Waals surface area contributed by atoms with Gasteiger partial charge in [-0.15, -0.1) is 0 Å². The summed E-state index contributed by atoms with van der Waals surface area (Å²) in [6.07, 6.45) is 0.582. The zero-order valence-electron chi connectivity index (χ0n) is 8.66. The van der Waals surface area contributed by atoms with E-state index in [0.717, 1.165) is 12.1 Å². The quantitative estimate of drug-likeness (QED) is 0.790. The summed E-state index contributed by atoms with van der Waals surface area (Å²) in [6.45, 7) is 2.82. The number of amides is 1. The summed E-state index contributed by atoms with van der Waals surface area (Å²) in [7, 11) is 0. The molecule has 0 spiro atoms.